The zero-order valence-corrected chi connectivity index (χ0v) is 52.9. The molecule has 0 saturated heterocycles. The third kappa shape index (κ3) is 11.6. The van der Waals surface area contributed by atoms with Crippen molar-refractivity contribution in [2.75, 3.05) is 0 Å². The fraction of sp³-hybridized carbons (Fsp3) is 0.111. The second kappa shape index (κ2) is 26.2. The summed E-state index contributed by atoms with van der Waals surface area (Å²) in [6, 6.07) is 66.3. The first-order valence-corrected chi connectivity index (χ1v) is 32.5. The summed E-state index contributed by atoms with van der Waals surface area (Å²) in [6.07, 6.45) is 0. The maximum Gasteiger partial charge on any atom is 0.254 e. The molecular weight excluding hydrogens is 1260 g/mol. The number of fused-ring (bicyclic) bond motifs is 8. The van der Waals surface area contributed by atoms with E-state index in [2.05, 4.69) is 143 Å². The summed E-state index contributed by atoms with van der Waals surface area (Å²) >= 11 is 52.6. The number of nitrogens with zero attached hydrogens (tertiary/aromatic N) is 6. The minimum Gasteiger partial charge on any atom is -0.353 e. The van der Waals surface area contributed by atoms with E-state index in [1.54, 1.807) is 0 Å². The lowest BCUT2D eigenvalue weighted by Crippen LogP contribution is -2.04. The van der Waals surface area contributed by atoms with Crippen molar-refractivity contribution in [3.8, 4) is 55.6 Å². The first-order chi connectivity index (χ1) is 43.2. The second-order valence-electron chi connectivity index (χ2n) is 21.3. The molecule has 13 rings (SSSR count). The number of hydrogen-bond donors (Lipinski definition) is 2. The van der Waals surface area contributed by atoms with Gasteiger partial charge in [-0.25, -0.2) is 15.0 Å². The molecule has 11 aromatic rings. The highest BCUT2D eigenvalue weighted by Gasteiger charge is 2.33. The van der Waals surface area contributed by atoms with E-state index in [0.29, 0.717) is 81.0 Å². The quantitative estimate of drug-likeness (QED) is 0.0937. The van der Waals surface area contributed by atoms with Crippen LogP contribution in [0.25, 0.3) is 89.2 Å². The lowest BCUT2D eigenvalue weighted by molar-refractivity contribution is 1.10. The molecule has 8 nitrogen and oxygen atoms in total. The van der Waals surface area contributed by atoms with Gasteiger partial charge in [0.2, 0.25) is 0 Å². The van der Waals surface area contributed by atoms with Gasteiger partial charge in [0.25, 0.3) is 11.7 Å². The summed E-state index contributed by atoms with van der Waals surface area (Å²) in [5, 5.41) is 9.69. The Morgan fingerprint density at radius 2 is 0.557 bits per heavy atom. The molecule has 2 aliphatic heterocycles. The van der Waals surface area contributed by atoms with Gasteiger partial charge in [0, 0.05) is 86.0 Å². The predicted octanol–water partition coefficient (Wildman–Crippen LogP) is 20.9. The van der Waals surface area contributed by atoms with Crippen molar-refractivity contribution in [2.24, 2.45) is 4.99 Å². The van der Waals surface area contributed by atoms with Crippen molar-refractivity contribution in [2.45, 2.75) is 47.0 Å². The van der Waals surface area contributed by atoms with Crippen LogP contribution >= 0.6 is 92.8 Å². The topological polar surface area (TPSA) is 108 Å². The van der Waals surface area contributed by atoms with E-state index >= 15 is 0 Å². The Morgan fingerprint density at radius 3 is 0.909 bits per heavy atom. The van der Waals surface area contributed by atoms with Crippen LogP contribution in [0.2, 0.25) is 0 Å². The summed E-state index contributed by atoms with van der Waals surface area (Å²) < 4.78 is 0. The Bertz CT molecular complexity index is 4640. The van der Waals surface area contributed by atoms with Crippen LogP contribution in [0, 0.1) is 0 Å². The smallest absolute Gasteiger partial charge is 0.254 e. The number of benzene rings is 8. The van der Waals surface area contributed by atoms with Crippen LogP contribution in [-0.4, -0.2) is 40.8 Å². The second-order valence-corrected chi connectivity index (χ2v) is 23.4. The number of H-pyrrole nitrogens is 2. The molecule has 434 valence electrons. The van der Waals surface area contributed by atoms with Crippen LogP contribution in [0.1, 0.15) is 78.3 Å². The third-order valence-corrected chi connectivity index (χ3v) is 18.4. The molecule has 5 heterocycles. The van der Waals surface area contributed by atoms with Crippen LogP contribution < -0.4 is 0 Å². The van der Waals surface area contributed by atoms with E-state index in [4.69, 9.17) is 123 Å². The largest absolute Gasteiger partial charge is 0.353 e. The highest BCUT2D eigenvalue weighted by Crippen LogP contribution is 2.52. The predicted molar refractivity (Wildman–Crippen MR) is 368 cm³/mol. The molecule has 0 unspecified atom stereocenters. The molecule has 0 atom stereocenters. The zero-order chi connectivity index (χ0) is 60.4. The number of aliphatic imine (C=N–C) groups is 1. The first-order valence-electron chi connectivity index (χ1n) is 28.2. The molecule has 8 bridgehead atoms. The molecule has 16 heteroatoms. The average molecular weight is 1310 g/mol. The molecule has 2 aliphatic rings. The van der Waals surface area contributed by atoms with Gasteiger partial charge in [-0.05, 0) is 83.5 Å². The van der Waals surface area contributed by atoms with E-state index in [9.17, 15) is 0 Å². The molecule has 88 heavy (non-hydrogen) atoms. The molecule has 0 fully saturated rings. The van der Waals surface area contributed by atoms with Gasteiger partial charge >= 0.3 is 0 Å². The Labute approximate surface area is 548 Å². The van der Waals surface area contributed by atoms with Crippen LogP contribution in [0.4, 0.5) is 5.95 Å². The lowest BCUT2D eigenvalue weighted by Gasteiger charge is -2.15. The van der Waals surface area contributed by atoms with E-state index < -0.39 is 0 Å². The molecule has 0 aliphatic carbocycles. The number of hydrogen-bond acceptors (Lipinski definition) is 6. The van der Waals surface area contributed by atoms with E-state index in [0.717, 1.165) is 133 Å². The van der Waals surface area contributed by atoms with Gasteiger partial charge in [0.05, 0.1) is 28.0 Å². The van der Waals surface area contributed by atoms with Crippen LogP contribution in [0.3, 0.4) is 0 Å². The van der Waals surface area contributed by atoms with Crippen molar-refractivity contribution in [1.82, 2.24) is 35.1 Å². The Kier molecular flexibility index (Phi) is 17.7. The Balaban J connectivity index is 1.36. The van der Waals surface area contributed by atoms with Crippen molar-refractivity contribution >= 4 is 138 Å². The van der Waals surface area contributed by atoms with Gasteiger partial charge < -0.3 is 9.97 Å². The fourth-order valence-corrected chi connectivity index (χ4v) is 12.8. The minimum absolute atomic E-state index is 0.142. The van der Waals surface area contributed by atoms with Crippen molar-refractivity contribution in [1.29, 1.82) is 0 Å². The monoisotopic (exact) mass is 1310 g/mol. The van der Waals surface area contributed by atoms with E-state index in [1.165, 1.54) is 0 Å². The molecule has 0 spiro atoms. The van der Waals surface area contributed by atoms with Gasteiger partial charge in [-0.1, -0.05) is 194 Å². The van der Waals surface area contributed by atoms with Gasteiger partial charge in [0.15, 0.2) is 5.65 Å². The van der Waals surface area contributed by atoms with Crippen molar-refractivity contribution in [3.05, 3.63) is 272 Å². The molecule has 0 radical (unpaired) electrons. The van der Waals surface area contributed by atoms with Gasteiger partial charge in [-0.15, -0.1) is 103 Å². The number of alkyl halides is 8. The molecular formula is C72H50Cl8N8. The zero-order valence-electron chi connectivity index (χ0n) is 46.8. The lowest BCUT2D eigenvalue weighted by atomic mass is 9.86. The average Bonchev–Trinajstić information content (AvgIpc) is 2.47. The molecule has 0 saturated carbocycles. The third-order valence-electron chi connectivity index (χ3n) is 15.9. The van der Waals surface area contributed by atoms with Crippen LogP contribution in [0.5, 0.6) is 0 Å². The van der Waals surface area contributed by atoms with E-state index in [-0.39, 0.29) is 11.7 Å². The van der Waals surface area contributed by atoms with Crippen molar-refractivity contribution < 1.29 is 0 Å². The van der Waals surface area contributed by atoms with Crippen LogP contribution in [0.15, 0.2) is 199 Å². The number of aromatic amines is 2. The summed E-state index contributed by atoms with van der Waals surface area (Å²) in [6.45, 7) is 0. The number of rotatable bonds is 16. The SMILES string of the molecule is ClCc1ccc(C2=Nc3nc2c(-c2ccc(CCl)cc2)c2[nH]c(c(-c4ccc(CCl)cc4)c4nc(c(-c5ccc(CCl)cc5)c5nnc(n3)[nH]5)C(c3ccc(CCl)cc3)=C4c3ccc(CCl)cc3)c(-c3ccc(CCl)cc3)c2-c2ccc(CCl)cc2)cc1. The fourth-order valence-electron chi connectivity index (χ4n) is 11.4. The van der Waals surface area contributed by atoms with Crippen molar-refractivity contribution in [3.63, 3.8) is 0 Å². The van der Waals surface area contributed by atoms with Gasteiger partial charge in [-0.3, -0.25) is 0 Å². The first kappa shape index (κ1) is 59.4. The summed E-state index contributed by atoms with van der Waals surface area (Å²) in [4.78, 5) is 29.8. The number of nitrogens with one attached hydrogen (secondary N) is 2. The molecule has 3 aromatic heterocycles. The Morgan fingerprint density at radius 1 is 0.261 bits per heavy atom. The highest BCUT2D eigenvalue weighted by atomic mass is 35.5. The maximum atomic E-state index is 6.67. The van der Waals surface area contributed by atoms with Gasteiger partial charge in [-0.2, -0.15) is 4.98 Å². The maximum absolute atomic E-state index is 6.67. The number of aromatic nitrogens is 7. The van der Waals surface area contributed by atoms with E-state index in [1.807, 2.05) is 60.7 Å². The minimum atomic E-state index is 0.142. The summed E-state index contributed by atoms with van der Waals surface area (Å²) in [7, 11) is 0. The summed E-state index contributed by atoms with van der Waals surface area (Å²) in [5.41, 5.74) is 24.0. The van der Waals surface area contributed by atoms with Crippen LogP contribution in [-0.2, 0) is 47.0 Å². The molecule has 8 aromatic carbocycles. The molecule has 0 amide bonds. The number of halogens is 8. The normalized spacial score (nSPS) is 12.2. The highest BCUT2D eigenvalue weighted by molar-refractivity contribution is 6.23. The summed E-state index contributed by atoms with van der Waals surface area (Å²) in [5.74, 6) is 2.83. The van der Waals surface area contributed by atoms with Gasteiger partial charge in [0.1, 0.15) is 11.4 Å². The molecule has 2 N–H and O–H groups in total. The standard InChI is InChI=1S/C72H50Cl8N8/c73-33-41-1-17-49(18-2-41)57-58(50-19-3-42(34-74)4-20-50)67-62(54-27-11-46(38-78)12-28-54)69-64(56-31-15-48(40-80)16-32-56)83-71(84-69)86-72-85-70(87-88-72)63(55-29-13-47(39-79)14-30-55)68-60(52-23-7-44(36-76)8-24-52)59(51-21-5-43(35-75)6-22-51)66(82-68)61(65(57)81-67)53-25-9-45(37-77)10-26-53/h1-32,81H,33-40H2,(H,83,84,85,86,87,88). The Hall–Kier alpha value is -7.60.